The molecule has 0 aliphatic heterocycles. The highest BCUT2D eigenvalue weighted by Gasteiger charge is 2.16. The van der Waals surface area contributed by atoms with E-state index in [9.17, 15) is 14.0 Å². The molecular weight excluding hydrogens is 447 g/mol. The second-order valence-corrected chi connectivity index (χ2v) is 9.24. The van der Waals surface area contributed by atoms with Gasteiger partial charge in [-0.2, -0.15) is 0 Å². The number of fused-ring (bicyclic) bond motifs is 1. The number of thioether (sulfide) groups is 1. The van der Waals surface area contributed by atoms with Crippen LogP contribution in [0.25, 0.3) is 15.9 Å². The number of hydrogen-bond donors (Lipinski definition) is 1. The molecule has 1 amide bonds. The predicted octanol–water partition coefficient (Wildman–Crippen LogP) is 4.69. The van der Waals surface area contributed by atoms with Crippen molar-refractivity contribution in [2.24, 2.45) is 0 Å². The number of anilines is 2. The Hall–Kier alpha value is -3.17. The molecule has 2 aromatic heterocycles. The molecular formula is C23H21FN4O2S2. The molecule has 0 atom stereocenters. The van der Waals surface area contributed by atoms with Gasteiger partial charge in [-0.15, -0.1) is 11.3 Å². The first-order valence-electron chi connectivity index (χ1n) is 9.80. The number of benzene rings is 2. The van der Waals surface area contributed by atoms with Crippen LogP contribution < -0.4 is 15.8 Å². The molecule has 0 aliphatic carbocycles. The lowest BCUT2D eigenvalue weighted by atomic mass is 10.2. The van der Waals surface area contributed by atoms with Gasteiger partial charge in [0.15, 0.2) is 5.16 Å². The minimum atomic E-state index is -0.346. The molecule has 0 bridgehead atoms. The summed E-state index contributed by atoms with van der Waals surface area (Å²) in [4.78, 5) is 32.3. The molecule has 0 saturated carbocycles. The van der Waals surface area contributed by atoms with Crippen LogP contribution in [-0.2, 0) is 4.79 Å². The Kier molecular flexibility index (Phi) is 6.29. The molecule has 0 saturated heterocycles. The van der Waals surface area contributed by atoms with Gasteiger partial charge in [-0.25, -0.2) is 9.37 Å². The summed E-state index contributed by atoms with van der Waals surface area (Å²) in [5.41, 5.74) is 3.00. The summed E-state index contributed by atoms with van der Waals surface area (Å²) in [5, 5.41) is 5.04. The van der Waals surface area contributed by atoms with Crippen molar-refractivity contribution in [1.29, 1.82) is 0 Å². The monoisotopic (exact) mass is 468 g/mol. The van der Waals surface area contributed by atoms with E-state index >= 15 is 0 Å². The van der Waals surface area contributed by atoms with Crippen molar-refractivity contribution in [2.75, 3.05) is 30.1 Å². The summed E-state index contributed by atoms with van der Waals surface area (Å²) in [6.07, 6.45) is 0. The fourth-order valence-corrected chi connectivity index (χ4v) is 4.73. The zero-order chi connectivity index (χ0) is 22.8. The lowest BCUT2D eigenvalue weighted by molar-refractivity contribution is -0.113. The highest BCUT2D eigenvalue weighted by atomic mass is 32.2. The normalized spacial score (nSPS) is 11.0. The van der Waals surface area contributed by atoms with Crippen molar-refractivity contribution < 1.29 is 9.18 Å². The topological polar surface area (TPSA) is 67.2 Å². The van der Waals surface area contributed by atoms with Gasteiger partial charge in [-0.05, 0) is 66.4 Å². The number of thiophene rings is 1. The predicted molar refractivity (Wildman–Crippen MR) is 130 cm³/mol. The Morgan fingerprint density at radius 1 is 1.19 bits per heavy atom. The maximum Gasteiger partial charge on any atom is 0.276 e. The van der Waals surface area contributed by atoms with Gasteiger partial charge in [0, 0.05) is 25.5 Å². The molecule has 0 fully saturated rings. The third-order valence-electron chi connectivity index (χ3n) is 4.85. The molecule has 2 heterocycles. The fraction of sp³-hybridized carbons (Fsp3) is 0.174. The number of rotatable bonds is 6. The van der Waals surface area contributed by atoms with Crippen LogP contribution >= 0.6 is 23.1 Å². The second-order valence-electron chi connectivity index (χ2n) is 7.38. The van der Waals surface area contributed by atoms with E-state index in [-0.39, 0.29) is 23.0 Å². The van der Waals surface area contributed by atoms with Crippen molar-refractivity contribution in [3.63, 3.8) is 0 Å². The molecule has 0 aliphatic rings. The first-order chi connectivity index (χ1) is 15.3. The Morgan fingerprint density at radius 3 is 2.62 bits per heavy atom. The zero-order valence-corrected chi connectivity index (χ0v) is 19.4. The summed E-state index contributed by atoms with van der Waals surface area (Å²) in [5.74, 6) is -0.493. The average Bonchev–Trinajstić information content (AvgIpc) is 3.24. The average molecular weight is 469 g/mol. The molecule has 4 aromatic rings. The SMILES string of the molecule is Cc1cc(-n2c(SCC(=O)Nc3ccc(N(C)C)cc3)nc3ccsc3c2=O)ccc1F. The second kappa shape index (κ2) is 9.13. The van der Waals surface area contributed by atoms with E-state index in [4.69, 9.17) is 0 Å². The molecule has 2 aromatic carbocycles. The molecule has 6 nitrogen and oxygen atoms in total. The van der Waals surface area contributed by atoms with Gasteiger partial charge < -0.3 is 10.2 Å². The first-order valence-corrected chi connectivity index (χ1v) is 11.7. The van der Waals surface area contributed by atoms with Gasteiger partial charge >= 0.3 is 0 Å². The smallest absolute Gasteiger partial charge is 0.276 e. The molecule has 0 radical (unpaired) electrons. The lowest BCUT2D eigenvalue weighted by Gasteiger charge is -2.14. The van der Waals surface area contributed by atoms with Gasteiger partial charge in [-0.1, -0.05) is 11.8 Å². The van der Waals surface area contributed by atoms with Gasteiger partial charge in [0.1, 0.15) is 10.5 Å². The Morgan fingerprint density at radius 2 is 1.94 bits per heavy atom. The number of aryl methyl sites for hydroxylation is 1. The van der Waals surface area contributed by atoms with Crippen LogP contribution in [0.4, 0.5) is 15.8 Å². The zero-order valence-electron chi connectivity index (χ0n) is 17.8. The maximum absolute atomic E-state index is 13.8. The number of carbonyl (C=O) groups excluding carboxylic acids is 1. The van der Waals surface area contributed by atoms with Crippen molar-refractivity contribution in [3.05, 3.63) is 75.6 Å². The minimum Gasteiger partial charge on any atom is -0.378 e. The summed E-state index contributed by atoms with van der Waals surface area (Å²) in [6, 6.07) is 13.8. The van der Waals surface area contributed by atoms with Crippen LogP contribution in [0, 0.1) is 12.7 Å². The van der Waals surface area contributed by atoms with Crippen LogP contribution in [0.2, 0.25) is 0 Å². The molecule has 32 heavy (non-hydrogen) atoms. The molecule has 0 unspecified atom stereocenters. The van der Waals surface area contributed by atoms with E-state index in [2.05, 4.69) is 10.3 Å². The number of hydrogen-bond acceptors (Lipinski definition) is 6. The molecule has 1 N–H and O–H groups in total. The Balaban J connectivity index is 1.60. The van der Waals surface area contributed by atoms with Crippen LogP contribution in [0.5, 0.6) is 0 Å². The van der Waals surface area contributed by atoms with Gasteiger partial charge in [-0.3, -0.25) is 14.2 Å². The van der Waals surface area contributed by atoms with E-state index in [0.29, 0.717) is 32.3 Å². The summed E-state index contributed by atoms with van der Waals surface area (Å²) in [7, 11) is 3.90. The number of nitrogens with one attached hydrogen (secondary N) is 1. The molecule has 9 heteroatoms. The van der Waals surface area contributed by atoms with Crippen LogP contribution in [0.1, 0.15) is 5.56 Å². The first kappa shape index (κ1) is 22.0. The van der Waals surface area contributed by atoms with E-state index in [1.54, 1.807) is 30.5 Å². The summed E-state index contributed by atoms with van der Waals surface area (Å²) >= 11 is 2.47. The number of carbonyl (C=O) groups is 1. The van der Waals surface area contributed by atoms with Crippen LogP contribution in [-0.4, -0.2) is 35.3 Å². The van der Waals surface area contributed by atoms with Crippen molar-refractivity contribution in [1.82, 2.24) is 9.55 Å². The van der Waals surface area contributed by atoms with Crippen molar-refractivity contribution in [2.45, 2.75) is 12.1 Å². The third kappa shape index (κ3) is 4.53. The van der Waals surface area contributed by atoms with Crippen molar-refractivity contribution in [3.8, 4) is 5.69 Å². The number of aromatic nitrogens is 2. The molecule has 164 valence electrons. The highest BCUT2D eigenvalue weighted by molar-refractivity contribution is 7.99. The van der Waals surface area contributed by atoms with E-state index in [0.717, 1.165) is 17.4 Å². The molecule has 0 spiro atoms. The van der Waals surface area contributed by atoms with Gasteiger partial charge in [0.05, 0.1) is 17.0 Å². The van der Waals surface area contributed by atoms with Crippen molar-refractivity contribution >= 4 is 50.6 Å². The lowest BCUT2D eigenvalue weighted by Crippen LogP contribution is -2.22. The number of nitrogens with zero attached hydrogens (tertiary/aromatic N) is 3. The van der Waals surface area contributed by atoms with E-state index < -0.39 is 0 Å². The maximum atomic E-state index is 13.8. The van der Waals surface area contributed by atoms with Gasteiger partial charge in [0.2, 0.25) is 5.91 Å². The fourth-order valence-electron chi connectivity index (χ4n) is 3.15. The Bertz CT molecular complexity index is 1350. The third-order valence-corrected chi connectivity index (χ3v) is 6.68. The van der Waals surface area contributed by atoms with Crippen LogP contribution in [0.15, 0.2) is 63.9 Å². The number of halogens is 1. The standard InChI is InChI=1S/C23H21FN4O2S2/c1-14-12-17(8-9-18(14)24)28-22(30)21-19(10-11-31-21)26-23(28)32-13-20(29)25-15-4-6-16(7-5-15)27(2)3/h4-12H,13H2,1-3H3,(H,25,29). The minimum absolute atomic E-state index is 0.0672. The molecule has 4 rings (SSSR count). The summed E-state index contributed by atoms with van der Waals surface area (Å²) < 4.78 is 15.7. The largest absolute Gasteiger partial charge is 0.378 e. The number of amides is 1. The van der Waals surface area contributed by atoms with E-state index in [1.807, 2.05) is 43.3 Å². The summed E-state index contributed by atoms with van der Waals surface area (Å²) in [6.45, 7) is 1.64. The van der Waals surface area contributed by atoms with E-state index in [1.165, 1.54) is 22.0 Å². The van der Waals surface area contributed by atoms with Crippen LogP contribution in [0.3, 0.4) is 0 Å². The highest BCUT2D eigenvalue weighted by Crippen LogP contribution is 2.25. The Labute approximate surface area is 192 Å². The quantitative estimate of drug-likeness (QED) is 0.328. The van der Waals surface area contributed by atoms with Gasteiger partial charge in [0.25, 0.3) is 5.56 Å².